The van der Waals surface area contributed by atoms with Crippen LogP contribution in [0.5, 0.6) is 0 Å². The van der Waals surface area contributed by atoms with Crippen LogP contribution in [0.3, 0.4) is 0 Å². The summed E-state index contributed by atoms with van der Waals surface area (Å²) in [6.07, 6.45) is 0. The average molecular weight is 439 g/mol. The molecule has 1 aliphatic rings. The van der Waals surface area contributed by atoms with Gasteiger partial charge < -0.3 is 14.2 Å². The van der Waals surface area contributed by atoms with Crippen LogP contribution in [0.25, 0.3) is 0 Å². The minimum Gasteiger partial charge on any atom is -0.468 e. The van der Waals surface area contributed by atoms with E-state index in [-0.39, 0.29) is 41.1 Å². The number of nitrogens with zero attached hydrogens (tertiary/aromatic N) is 2. The van der Waals surface area contributed by atoms with Crippen LogP contribution in [0, 0.1) is 17.2 Å². The molecule has 2 unspecified atom stereocenters. The van der Waals surface area contributed by atoms with Crippen LogP contribution in [-0.2, 0) is 23.8 Å². The molecule has 154 valence electrons. The number of halogens is 2. The van der Waals surface area contributed by atoms with Crippen molar-refractivity contribution < 1.29 is 23.8 Å². The van der Waals surface area contributed by atoms with Crippen molar-refractivity contribution in [3.63, 3.8) is 0 Å². The molecule has 9 heteroatoms. The first-order valence-electron chi connectivity index (χ1n) is 8.79. The topological polar surface area (TPSA) is 98.0 Å². The lowest BCUT2D eigenvalue weighted by molar-refractivity contribution is -0.144. The highest BCUT2D eigenvalue weighted by atomic mass is 35.5. The van der Waals surface area contributed by atoms with Gasteiger partial charge in [0.25, 0.3) is 0 Å². The summed E-state index contributed by atoms with van der Waals surface area (Å²) in [5.41, 5.74) is 1.26. The van der Waals surface area contributed by atoms with Gasteiger partial charge >= 0.3 is 11.9 Å². The third-order valence-corrected chi connectivity index (χ3v) is 5.22. The number of hydrogen-bond acceptors (Lipinski definition) is 7. The first-order valence-corrected chi connectivity index (χ1v) is 9.54. The van der Waals surface area contributed by atoms with Crippen molar-refractivity contribution in [2.45, 2.75) is 19.8 Å². The highest BCUT2D eigenvalue weighted by Crippen LogP contribution is 2.44. The number of nitriles is 1. The van der Waals surface area contributed by atoms with Gasteiger partial charge in [-0.1, -0.05) is 35.3 Å². The maximum absolute atomic E-state index is 12.9. The Hall–Kier alpha value is -2.40. The minimum atomic E-state index is -0.907. The fourth-order valence-electron chi connectivity index (χ4n) is 3.22. The van der Waals surface area contributed by atoms with E-state index in [2.05, 4.69) is 4.99 Å². The molecule has 0 spiro atoms. The van der Waals surface area contributed by atoms with Gasteiger partial charge in [0.15, 0.2) is 0 Å². The van der Waals surface area contributed by atoms with Crippen molar-refractivity contribution in [2.24, 2.45) is 10.9 Å². The van der Waals surface area contributed by atoms with Crippen molar-refractivity contribution in [1.29, 1.82) is 5.26 Å². The molecule has 0 radical (unpaired) electrons. The lowest BCUT2D eigenvalue weighted by Crippen LogP contribution is -2.37. The van der Waals surface area contributed by atoms with E-state index in [1.807, 2.05) is 6.07 Å². The zero-order valence-corrected chi connectivity index (χ0v) is 17.7. The molecule has 0 N–H and O–H groups in total. The fourth-order valence-corrected chi connectivity index (χ4v) is 3.64. The van der Waals surface area contributed by atoms with E-state index in [0.29, 0.717) is 11.3 Å². The van der Waals surface area contributed by atoms with Crippen molar-refractivity contribution in [3.8, 4) is 6.07 Å². The summed E-state index contributed by atoms with van der Waals surface area (Å²) in [7, 11) is 1.26. The SMILES string of the molecule is CCOC(=O)C1=C(COCC#N)N=C(C)C(C(=O)OC)C1c1cccc(Cl)c1Cl. The molecule has 1 heterocycles. The zero-order chi connectivity index (χ0) is 21.6. The number of methoxy groups -OCH3 is 1. The van der Waals surface area contributed by atoms with Gasteiger partial charge in [0.2, 0.25) is 0 Å². The van der Waals surface area contributed by atoms with Gasteiger partial charge in [-0.15, -0.1) is 0 Å². The van der Waals surface area contributed by atoms with E-state index >= 15 is 0 Å². The molecular weight excluding hydrogens is 419 g/mol. The molecule has 29 heavy (non-hydrogen) atoms. The Bertz CT molecular complexity index is 905. The second-order valence-corrected chi connectivity index (χ2v) is 6.89. The molecule has 2 atom stereocenters. The van der Waals surface area contributed by atoms with Crippen LogP contribution in [0.4, 0.5) is 0 Å². The second kappa shape index (κ2) is 10.4. The molecule has 0 aromatic heterocycles. The summed E-state index contributed by atoms with van der Waals surface area (Å²) in [5, 5.41) is 9.23. The van der Waals surface area contributed by atoms with Crippen LogP contribution in [0.1, 0.15) is 25.3 Å². The predicted molar refractivity (Wildman–Crippen MR) is 108 cm³/mol. The maximum Gasteiger partial charge on any atom is 0.336 e. The molecule has 1 aliphatic heterocycles. The van der Waals surface area contributed by atoms with Gasteiger partial charge in [0.1, 0.15) is 12.5 Å². The molecule has 2 rings (SSSR count). The Morgan fingerprint density at radius 1 is 1.31 bits per heavy atom. The molecule has 0 saturated carbocycles. The lowest BCUT2D eigenvalue weighted by atomic mass is 9.75. The second-order valence-electron chi connectivity index (χ2n) is 6.11. The molecule has 0 saturated heterocycles. The van der Waals surface area contributed by atoms with Crippen LogP contribution in [-0.4, -0.2) is 44.6 Å². The average Bonchev–Trinajstić information content (AvgIpc) is 2.69. The Morgan fingerprint density at radius 2 is 2.03 bits per heavy atom. The molecule has 7 nitrogen and oxygen atoms in total. The summed E-state index contributed by atoms with van der Waals surface area (Å²) in [6.45, 7) is 3.15. The van der Waals surface area contributed by atoms with Crippen LogP contribution in [0.2, 0.25) is 10.0 Å². The highest BCUT2D eigenvalue weighted by molar-refractivity contribution is 6.42. The van der Waals surface area contributed by atoms with Crippen LogP contribution < -0.4 is 0 Å². The molecular formula is C20H20Cl2N2O5. The van der Waals surface area contributed by atoms with E-state index in [0.717, 1.165) is 0 Å². The molecule has 0 bridgehead atoms. The third-order valence-electron chi connectivity index (χ3n) is 4.39. The van der Waals surface area contributed by atoms with E-state index in [1.165, 1.54) is 7.11 Å². The number of hydrogen-bond donors (Lipinski definition) is 0. The number of carbonyl (C=O) groups excluding carboxylic acids is 2. The van der Waals surface area contributed by atoms with Gasteiger partial charge in [-0.2, -0.15) is 5.26 Å². The first kappa shape index (κ1) is 22.9. The van der Waals surface area contributed by atoms with E-state index in [9.17, 15) is 9.59 Å². The van der Waals surface area contributed by atoms with Crippen LogP contribution in [0.15, 0.2) is 34.5 Å². The normalized spacial score (nSPS) is 18.7. The van der Waals surface area contributed by atoms with Gasteiger partial charge in [0, 0.05) is 11.6 Å². The number of ether oxygens (including phenoxy) is 3. The summed E-state index contributed by atoms with van der Waals surface area (Å²) in [4.78, 5) is 29.9. The predicted octanol–water partition coefficient (Wildman–Crippen LogP) is 3.70. The molecule has 0 amide bonds. The minimum absolute atomic E-state index is 0.109. The Balaban J connectivity index is 2.74. The summed E-state index contributed by atoms with van der Waals surface area (Å²) in [6, 6.07) is 6.82. The van der Waals surface area contributed by atoms with Crippen molar-refractivity contribution in [1.82, 2.24) is 0 Å². The molecule has 1 aromatic rings. The quantitative estimate of drug-likeness (QED) is 0.475. The molecule has 0 aliphatic carbocycles. The summed E-state index contributed by atoms with van der Waals surface area (Å²) < 4.78 is 15.5. The molecule has 0 fully saturated rings. The molecule has 1 aromatic carbocycles. The zero-order valence-electron chi connectivity index (χ0n) is 16.2. The number of rotatable bonds is 7. The van der Waals surface area contributed by atoms with Gasteiger partial charge in [-0.25, -0.2) is 4.79 Å². The Morgan fingerprint density at radius 3 is 2.66 bits per heavy atom. The van der Waals surface area contributed by atoms with Crippen molar-refractivity contribution in [2.75, 3.05) is 26.9 Å². The van der Waals surface area contributed by atoms with Crippen molar-refractivity contribution >= 4 is 40.9 Å². The van der Waals surface area contributed by atoms with Gasteiger partial charge in [-0.05, 0) is 25.5 Å². The first-order chi connectivity index (χ1) is 13.9. The lowest BCUT2D eigenvalue weighted by Gasteiger charge is -2.32. The number of benzene rings is 1. The smallest absolute Gasteiger partial charge is 0.336 e. The number of esters is 2. The Kier molecular flexibility index (Phi) is 8.21. The van der Waals surface area contributed by atoms with Gasteiger partial charge in [0.05, 0.1) is 47.7 Å². The number of carbonyl (C=O) groups is 2. The number of aliphatic imine (C=N–C) groups is 1. The van der Waals surface area contributed by atoms with Gasteiger partial charge in [-0.3, -0.25) is 9.79 Å². The van der Waals surface area contributed by atoms with E-state index in [1.54, 1.807) is 32.0 Å². The van der Waals surface area contributed by atoms with E-state index in [4.69, 9.17) is 42.7 Å². The third kappa shape index (κ3) is 4.96. The van der Waals surface area contributed by atoms with E-state index < -0.39 is 23.8 Å². The maximum atomic E-state index is 12.9. The summed E-state index contributed by atoms with van der Waals surface area (Å²) in [5.74, 6) is -2.98. The monoisotopic (exact) mass is 438 g/mol. The standard InChI is InChI=1S/C20H20Cl2N2O5/c1-4-29-20(26)17-14(10-28-9-8-23)24-11(2)15(19(25)27-3)16(17)12-6-5-7-13(21)18(12)22/h5-7,15-16H,4,9-10H2,1-3H3. The highest BCUT2D eigenvalue weighted by Gasteiger charge is 2.44. The van der Waals surface area contributed by atoms with Crippen molar-refractivity contribution in [3.05, 3.63) is 45.1 Å². The fraction of sp³-hybridized carbons (Fsp3) is 0.400. The summed E-state index contributed by atoms with van der Waals surface area (Å²) >= 11 is 12.6. The largest absolute Gasteiger partial charge is 0.468 e. The Labute approximate surface area is 178 Å². The van der Waals surface area contributed by atoms with Crippen LogP contribution >= 0.6 is 23.2 Å².